The topological polar surface area (TPSA) is 69.6 Å². The minimum atomic E-state index is 0.00159. The maximum Gasteiger partial charge on any atom is 0.316 e. The van der Waals surface area contributed by atoms with Gasteiger partial charge in [-0.1, -0.05) is 6.07 Å². The van der Waals surface area contributed by atoms with Crippen LogP contribution in [0, 0.1) is 5.92 Å². The van der Waals surface area contributed by atoms with E-state index in [9.17, 15) is 0 Å². The molecule has 0 bridgehead atoms. The number of hydrogen-bond acceptors (Lipinski definition) is 7. The van der Waals surface area contributed by atoms with E-state index < -0.39 is 0 Å². The molecule has 1 spiro atoms. The van der Waals surface area contributed by atoms with E-state index in [0.717, 1.165) is 51.1 Å². The Hall–Kier alpha value is -2.25. The number of ether oxygens (including phenoxy) is 3. The summed E-state index contributed by atoms with van der Waals surface area (Å²) in [5.41, 5.74) is 1.13. The zero-order valence-corrected chi connectivity index (χ0v) is 15.7. The van der Waals surface area contributed by atoms with E-state index in [2.05, 4.69) is 25.9 Å². The van der Waals surface area contributed by atoms with Gasteiger partial charge < -0.3 is 14.2 Å². The van der Waals surface area contributed by atoms with Crippen LogP contribution in [-0.4, -0.2) is 58.9 Å². The monoisotopic (exact) mass is 370 g/mol. The number of likely N-dealkylation sites (tertiary alicyclic amines) is 1. The lowest BCUT2D eigenvalue weighted by molar-refractivity contribution is -0.182. The van der Waals surface area contributed by atoms with E-state index in [1.807, 2.05) is 6.07 Å². The van der Waals surface area contributed by atoms with E-state index >= 15 is 0 Å². The smallest absolute Gasteiger partial charge is 0.316 e. The Morgan fingerprint density at radius 2 is 2.00 bits per heavy atom. The second kappa shape index (κ2) is 8.19. The lowest BCUT2D eigenvalue weighted by Crippen LogP contribution is -2.64. The van der Waals surface area contributed by atoms with Crippen LogP contribution in [0.3, 0.4) is 0 Å². The Balaban J connectivity index is 1.24. The van der Waals surface area contributed by atoms with Crippen molar-refractivity contribution < 1.29 is 14.2 Å². The van der Waals surface area contributed by atoms with E-state index in [1.165, 1.54) is 0 Å². The first kappa shape index (κ1) is 18.1. The summed E-state index contributed by atoms with van der Waals surface area (Å²) in [4.78, 5) is 14.9. The fourth-order valence-electron chi connectivity index (χ4n) is 4.12. The molecule has 2 aliphatic rings. The van der Waals surface area contributed by atoms with E-state index in [-0.39, 0.29) is 5.60 Å². The zero-order valence-electron chi connectivity index (χ0n) is 15.7. The molecule has 0 aromatic carbocycles. The van der Waals surface area contributed by atoms with Crippen molar-refractivity contribution in [1.29, 1.82) is 0 Å². The molecule has 1 unspecified atom stereocenters. The minimum Gasteiger partial charge on any atom is -0.481 e. The molecular weight excluding hydrogens is 344 g/mol. The number of nitrogens with zero attached hydrogens (tertiary/aromatic N) is 4. The number of hydrogen-bond donors (Lipinski definition) is 0. The van der Waals surface area contributed by atoms with E-state index in [1.54, 1.807) is 31.8 Å². The third-order valence-electron chi connectivity index (χ3n) is 5.36. The van der Waals surface area contributed by atoms with Crippen molar-refractivity contribution in [1.82, 2.24) is 19.9 Å². The van der Waals surface area contributed by atoms with Gasteiger partial charge in [-0.05, 0) is 37.3 Å². The van der Waals surface area contributed by atoms with Crippen LogP contribution in [0.2, 0.25) is 0 Å². The van der Waals surface area contributed by atoms with Gasteiger partial charge in [0.15, 0.2) is 0 Å². The lowest BCUT2D eigenvalue weighted by Gasteiger charge is -2.53. The highest BCUT2D eigenvalue weighted by Gasteiger charge is 2.47. The van der Waals surface area contributed by atoms with Crippen molar-refractivity contribution in [3.63, 3.8) is 0 Å². The summed E-state index contributed by atoms with van der Waals surface area (Å²) in [6.45, 7) is 4.26. The van der Waals surface area contributed by atoms with Crippen LogP contribution in [0.15, 0.2) is 36.8 Å². The fourth-order valence-corrected chi connectivity index (χ4v) is 4.12. The Labute approximate surface area is 159 Å². The second-order valence-electron chi connectivity index (χ2n) is 7.38. The summed E-state index contributed by atoms with van der Waals surface area (Å²) in [7, 11) is 1.67. The average molecular weight is 370 g/mol. The standard InChI is InChI=1S/C20H26N4O3/c1-25-18-17(4-2-7-21-18)13-24-14-20(15-24)12-16(6-11-27-20)5-10-26-19-22-8-3-9-23-19/h2-4,7-9,16H,5-6,10-15H2,1H3. The molecule has 0 N–H and O–H groups in total. The van der Waals surface area contributed by atoms with Crippen LogP contribution in [0.4, 0.5) is 0 Å². The first-order valence-electron chi connectivity index (χ1n) is 9.50. The van der Waals surface area contributed by atoms with Crippen molar-refractivity contribution >= 4 is 0 Å². The number of pyridine rings is 1. The average Bonchev–Trinajstić information content (AvgIpc) is 2.68. The van der Waals surface area contributed by atoms with Crippen molar-refractivity contribution in [2.75, 3.05) is 33.4 Å². The molecule has 4 rings (SSSR count). The third kappa shape index (κ3) is 4.36. The molecule has 1 atom stereocenters. The normalized spacial score (nSPS) is 21.6. The van der Waals surface area contributed by atoms with Gasteiger partial charge >= 0.3 is 6.01 Å². The van der Waals surface area contributed by atoms with Gasteiger partial charge in [0, 0.05) is 50.4 Å². The molecule has 7 nitrogen and oxygen atoms in total. The molecule has 144 valence electrons. The Morgan fingerprint density at radius 1 is 1.19 bits per heavy atom. The maximum absolute atomic E-state index is 6.17. The van der Waals surface area contributed by atoms with Crippen LogP contribution >= 0.6 is 0 Å². The van der Waals surface area contributed by atoms with Crippen LogP contribution in [0.25, 0.3) is 0 Å². The molecular formula is C20H26N4O3. The van der Waals surface area contributed by atoms with Gasteiger partial charge in [0.1, 0.15) is 0 Å². The molecule has 0 radical (unpaired) electrons. The van der Waals surface area contributed by atoms with Gasteiger partial charge in [0.05, 0.1) is 19.3 Å². The summed E-state index contributed by atoms with van der Waals surface area (Å²) >= 11 is 0. The molecule has 0 amide bonds. The minimum absolute atomic E-state index is 0.00159. The highest BCUT2D eigenvalue weighted by atomic mass is 16.5. The molecule has 0 saturated carbocycles. The predicted octanol–water partition coefficient (Wildman–Crippen LogP) is 2.33. The summed E-state index contributed by atoms with van der Waals surface area (Å²) in [6.07, 6.45) is 8.36. The summed E-state index contributed by atoms with van der Waals surface area (Å²) in [6, 6.07) is 6.28. The highest BCUT2D eigenvalue weighted by molar-refractivity contribution is 5.25. The third-order valence-corrected chi connectivity index (χ3v) is 5.36. The Bertz CT molecular complexity index is 737. The molecule has 2 aromatic heterocycles. The molecule has 0 aliphatic carbocycles. The molecule has 2 aliphatic heterocycles. The van der Waals surface area contributed by atoms with Crippen LogP contribution in [0.1, 0.15) is 24.8 Å². The first-order valence-corrected chi connectivity index (χ1v) is 9.50. The van der Waals surface area contributed by atoms with Crippen molar-refractivity contribution in [3.05, 3.63) is 42.4 Å². The first-order chi connectivity index (χ1) is 13.3. The Morgan fingerprint density at radius 3 is 2.81 bits per heavy atom. The van der Waals surface area contributed by atoms with Crippen LogP contribution in [0.5, 0.6) is 11.9 Å². The molecule has 27 heavy (non-hydrogen) atoms. The molecule has 2 fully saturated rings. The quantitative estimate of drug-likeness (QED) is 0.741. The number of methoxy groups -OCH3 is 1. The molecule has 2 aromatic rings. The van der Waals surface area contributed by atoms with Crippen molar-refractivity contribution in [2.24, 2.45) is 5.92 Å². The largest absolute Gasteiger partial charge is 0.481 e. The van der Waals surface area contributed by atoms with Crippen molar-refractivity contribution in [2.45, 2.75) is 31.4 Å². The van der Waals surface area contributed by atoms with E-state index in [4.69, 9.17) is 14.2 Å². The molecule has 4 heterocycles. The summed E-state index contributed by atoms with van der Waals surface area (Å²) in [5.74, 6) is 1.33. The van der Waals surface area contributed by atoms with Gasteiger partial charge in [0.2, 0.25) is 5.88 Å². The molecule has 2 saturated heterocycles. The van der Waals surface area contributed by atoms with Crippen LogP contribution in [-0.2, 0) is 11.3 Å². The van der Waals surface area contributed by atoms with Gasteiger partial charge in [-0.15, -0.1) is 0 Å². The zero-order chi connectivity index (χ0) is 18.5. The lowest BCUT2D eigenvalue weighted by atomic mass is 9.79. The number of rotatable bonds is 7. The van der Waals surface area contributed by atoms with Crippen LogP contribution < -0.4 is 9.47 Å². The van der Waals surface area contributed by atoms with Gasteiger partial charge in [0.25, 0.3) is 0 Å². The Kier molecular flexibility index (Phi) is 5.50. The second-order valence-corrected chi connectivity index (χ2v) is 7.38. The van der Waals surface area contributed by atoms with Gasteiger partial charge in [-0.3, -0.25) is 4.90 Å². The van der Waals surface area contributed by atoms with E-state index in [0.29, 0.717) is 24.4 Å². The van der Waals surface area contributed by atoms with Crippen molar-refractivity contribution in [3.8, 4) is 11.9 Å². The summed E-state index contributed by atoms with van der Waals surface area (Å²) < 4.78 is 17.2. The van der Waals surface area contributed by atoms with Gasteiger partial charge in [-0.25, -0.2) is 15.0 Å². The highest BCUT2D eigenvalue weighted by Crippen LogP contribution is 2.39. The molecule has 7 heteroatoms. The fraction of sp³-hybridized carbons (Fsp3) is 0.550. The number of aromatic nitrogens is 3. The summed E-state index contributed by atoms with van der Waals surface area (Å²) in [5, 5.41) is 0. The SMILES string of the molecule is COc1ncccc1CN1CC2(CC(CCOc3ncccn3)CCO2)C1. The predicted molar refractivity (Wildman–Crippen MR) is 99.6 cm³/mol. The maximum atomic E-state index is 6.17. The van der Waals surface area contributed by atoms with Gasteiger partial charge in [-0.2, -0.15) is 0 Å².